The summed E-state index contributed by atoms with van der Waals surface area (Å²) in [5.74, 6) is 3.92. The van der Waals surface area contributed by atoms with E-state index in [1.807, 2.05) is 7.05 Å². The summed E-state index contributed by atoms with van der Waals surface area (Å²) in [7, 11) is 1.95. The summed E-state index contributed by atoms with van der Waals surface area (Å²) in [5, 5.41) is 3.24. The third-order valence-electron chi connectivity index (χ3n) is 4.40. The second-order valence-corrected chi connectivity index (χ2v) is 7.25. The van der Waals surface area contributed by atoms with Gasteiger partial charge in [-0.25, -0.2) is 9.97 Å². The number of hydrogen-bond donors (Lipinski definition) is 1. The molecule has 0 spiro atoms. The number of nitrogens with one attached hydrogen (secondary N) is 1. The number of rotatable bonds is 4. The molecule has 112 valence electrons. The van der Waals surface area contributed by atoms with Gasteiger partial charge in [0, 0.05) is 13.0 Å². The van der Waals surface area contributed by atoms with E-state index in [0.29, 0.717) is 11.8 Å². The highest BCUT2D eigenvalue weighted by Crippen LogP contribution is 2.37. The second-order valence-electron chi connectivity index (χ2n) is 6.17. The molecule has 20 heavy (non-hydrogen) atoms. The van der Waals surface area contributed by atoms with E-state index in [2.05, 4.69) is 48.7 Å². The molecule has 0 saturated heterocycles. The maximum atomic E-state index is 4.91. The molecule has 2 rings (SSSR count). The minimum atomic E-state index is 0.446. The van der Waals surface area contributed by atoms with Gasteiger partial charge in [-0.2, -0.15) is 0 Å². The summed E-state index contributed by atoms with van der Waals surface area (Å²) in [6.07, 6.45) is 6.50. The maximum absolute atomic E-state index is 4.91. The smallest absolute Gasteiger partial charge is 0.143 e. The molecule has 1 N–H and O–H groups in total. The average Bonchev–Trinajstić information content (AvgIpc) is 2.47. The Morgan fingerprint density at radius 1 is 1.30 bits per heavy atom. The van der Waals surface area contributed by atoms with E-state index in [0.717, 1.165) is 17.6 Å². The molecule has 1 fully saturated rings. The molecule has 3 nitrogen and oxygen atoms in total. The second kappa shape index (κ2) is 7.05. The van der Waals surface area contributed by atoms with Gasteiger partial charge in [0.15, 0.2) is 0 Å². The number of nitrogens with zero attached hydrogens (tertiary/aromatic N) is 2. The van der Waals surface area contributed by atoms with E-state index in [4.69, 9.17) is 9.97 Å². The monoisotopic (exact) mass is 387 g/mol. The lowest BCUT2D eigenvalue weighted by Crippen LogP contribution is -2.18. The van der Waals surface area contributed by atoms with E-state index in [-0.39, 0.29) is 0 Å². The van der Waals surface area contributed by atoms with Gasteiger partial charge >= 0.3 is 0 Å². The molecule has 1 aromatic heterocycles. The van der Waals surface area contributed by atoms with Gasteiger partial charge < -0.3 is 5.32 Å². The van der Waals surface area contributed by atoms with Gasteiger partial charge in [-0.15, -0.1) is 0 Å². The highest BCUT2D eigenvalue weighted by atomic mass is 127. The van der Waals surface area contributed by atoms with E-state index < -0.39 is 0 Å². The molecule has 0 amide bonds. The van der Waals surface area contributed by atoms with Crippen LogP contribution in [0.1, 0.15) is 76.2 Å². The number of anilines is 1. The molecule has 0 radical (unpaired) electrons. The highest BCUT2D eigenvalue weighted by Gasteiger charge is 2.26. The fourth-order valence-corrected chi connectivity index (χ4v) is 4.24. The van der Waals surface area contributed by atoms with Crippen molar-refractivity contribution in [3.63, 3.8) is 0 Å². The minimum absolute atomic E-state index is 0.446. The van der Waals surface area contributed by atoms with Gasteiger partial charge in [0.05, 0.1) is 9.26 Å². The Bertz CT molecular complexity index is 459. The number of hydrogen-bond acceptors (Lipinski definition) is 3. The molecule has 0 aromatic carbocycles. The molecule has 0 aliphatic heterocycles. The highest BCUT2D eigenvalue weighted by molar-refractivity contribution is 14.1. The van der Waals surface area contributed by atoms with Gasteiger partial charge in [-0.1, -0.05) is 40.0 Å². The lowest BCUT2D eigenvalue weighted by Gasteiger charge is -2.28. The molecule has 2 unspecified atom stereocenters. The lowest BCUT2D eigenvalue weighted by atomic mass is 9.80. The van der Waals surface area contributed by atoms with Crippen LogP contribution in [0.15, 0.2) is 0 Å². The van der Waals surface area contributed by atoms with Crippen LogP contribution in [0.2, 0.25) is 0 Å². The van der Waals surface area contributed by atoms with E-state index in [1.165, 1.54) is 41.4 Å². The Morgan fingerprint density at radius 2 is 2.05 bits per heavy atom. The fraction of sp³-hybridized carbons (Fsp3) is 0.750. The zero-order valence-corrected chi connectivity index (χ0v) is 15.2. The summed E-state index contributed by atoms with van der Waals surface area (Å²) >= 11 is 2.37. The van der Waals surface area contributed by atoms with Crippen LogP contribution in [-0.4, -0.2) is 17.0 Å². The van der Waals surface area contributed by atoms with Gasteiger partial charge in [-0.05, 0) is 47.3 Å². The lowest BCUT2D eigenvalue weighted by molar-refractivity contribution is 0.307. The first-order valence-electron chi connectivity index (χ1n) is 7.81. The van der Waals surface area contributed by atoms with Crippen LogP contribution in [0.3, 0.4) is 0 Å². The first-order chi connectivity index (χ1) is 9.56. The van der Waals surface area contributed by atoms with Crippen LogP contribution in [0.25, 0.3) is 0 Å². The van der Waals surface area contributed by atoms with Crippen LogP contribution < -0.4 is 5.32 Å². The van der Waals surface area contributed by atoms with Crippen molar-refractivity contribution in [1.82, 2.24) is 9.97 Å². The van der Waals surface area contributed by atoms with Gasteiger partial charge in [-0.3, -0.25) is 0 Å². The van der Waals surface area contributed by atoms with Crippen LogP contribution in [0, 0.1) is 9.49 Å². The van der Waals surface area contributed by atoms with Crippen molar-refractivity contribution >= 4 is 28.4 Å². The Kier molecular flexibility index (Phi) is 5.64. The average molecular weight is 387 g/mol. The zero-order valence-electron chi connectivity index (χ0n) is 13.0. The molecule has 1 heterocycles. The summed E-state index contributed by atoms with van der Waals surface area (Å²) in [4.78, 5) is 9.71. The van der Waals surface area contributed by atoms with Crippen LogP contribution in [-0.2, 0) is 0 Å². The summed E-state index contributed by atoms with van der Waals surface area (Å²) in [6.45, 7) is 6.73. The molecule has 1 aliphatic carbocycles. The predicted molar refractivity (Wildman–Crippen MR) is 93.4 cm³/mol. The molecular weight excluding hydrogens is 361 g/mol. The van der Waals surface area contributed by atoms with Crippen LogP contribution >= 0.6 is 22.6 Å². The van der Waals surface area contributed by atoms with Crippen molar-refractivity contribution in [1.29, 1.82) is 0 Å². The third-order valence-corrected chi connectivity index (χ3v) is 5.47. The summed E-state index contributed by atoms with van der Waals surface area (Å²) in [6, 6.07) is 0. The van der Waals surface area contributed by atoms with Crippen molar-refractivity contribution in [2.75, 3.05) is 12.4 Å². The maximum Gasteiger partial charge on any atom is 0.143 e. The molecule has 1 aliphatic rings. The number of aromatic nitrogens is 2. The number of halogens is 1. The normalized spacial score (nSPS) is 23.1. The van der Waals surface area contributed by atoms with Crippen LogP contribution in [0.4, 0.5) is 5.82 Å². The van der Waals surface area contributed by atoms with Crippen molar-refractivity contribution in [3.05, 3.63) is 15.1 Å². The Balaban J connectivity index is 2.33. The first kappa shape index (κ1) is 16.0. The topological polar surface area (TPSA) is 37.8 Å². The van der Waals surface area contributed by atoms with Gasteiger partial charge in [0.1, 0.15) is 11.6 Å². The Morgan fingerprint density at radius 3 is 2.65 bits per heavy atom. The SMILES string of the molecule is CCC1CCCC(c2nc(NC)c(I)c(C(C)C)n2)C1. The first-order valence-corrected chi connectivity index (χ1v) is 8.89. The van der Waals surface area contributed by atoms with E-state index in [1.54, 1.807) is 0 Å². The third kappa shape index (κ3) is 3.43. The minimum Gasteiger partial charge on any atom is -0.372 e. The predicted octanol–water partition coefficient (Wildman–Crippen LogP) is 4.93. The molecule has 2 atom stereocenters. The molecule has 0 bridgehead atoms. The molecule has 1 saturated carbocycles. The summed E-state index contributed by atoms with van der Waals surface area (Å²) in [5.41, 5.74) is 1.19. The molecule has 4 heteroatoms. The van der Waals surface area contributed by atoms with Crippen molar-refractivity contribution in [2.45, 2.75) is 64.7 Å². The van der Waals surface area contributed by atoms with Crippen LogP contribution in [0.5, 0.6) is 0 Å². The quantitative estimate of drug-likeness (QED) is 0.745. The summed E-state index contributed by atoms with van der Waals surface area (Å²) < 4.78 is 1.17. The fourth-order valence-electron chi connectivity index (χ4n) is 3.11. The largest absolute Gasteiger partial charge is 0.372 e. The van der Waals surface area contributed by atoms with Crippen molar-refractivity contribution in [2.24, 2.45) is 5.92 Å². The molecule has 1 aromatic rings. The Hall–Kier alpha value is -0.390. The van der Waals surface area contributed by atoms with Crippen molar-refractivity contribution < 1.29 is 0 Å². The standard InChI is InChI=1S/C16H26IN3/c1-5-11-7-6-8-12(9-11)15-19-14(10(2)3)13(17)16(18-4)20-15/h10-12H,5-9H2,1-4H3,(H,18,19,20). The van der Waals surface area contributed by atoms with E-state index >= 15 is 0 Å². The molecular formula is C16H26IN3. The Labute approximate surface area is 136 Å². The van der Waals surface area contributed by atoms with E-state index in [9.17, 15) is 0 Å². The van der Waals surface area contributed by atoms with Gasteiger partial charge in [0.25, 0.3) is 0 Å². The van der Waals surface area contributed by atoms with Gasteiger partial charge in [0.2, 0.25) is 0 Å². The van der Waals surface area contributed by atoms with Crippen molar-refractivity contribution in [3.8, 4) is 0 Å². The zero-order chi connectivity index (χ0) is 14.7.